The fraction of sp³-hybridized carbons (Fsp3) is 0.222. The Hall–Kier alpha value is -2.78. The molecule has 0 saturated heterocycles. The fourth-order valence-electron chi connectivity index (χ4n) is 3.38. The van der Waals surface area contributed by atoms with Crippen LogP contribution in [0.4, 0.5) is 4.39 Å². The van der Waals surface area contributed by atoms with Crippen LogP contribution in [-0.2, 0) is 11.2 Å². The summed E-state index contributed by atoms with van der Waals surface area (Å²) in [5.74, 6) is 0.450. The minimum absolute atomic E-state index is 0.196. The molecule has 0 bridgehead atoms. The van der Waals surface area contributed by atoms with Crippen LogP contribution in [0.15, 0.2) is 47.6 Å². The highest BCUT2D eigenvalue weighted by atomic mass is 19.1. The van der Waals surface area contributed by atoms with E-state index in [0.29, 0.717) is 6.42 Å². The summed E-state index contributed by atoms with van der Waals surface area (Å²) in [4.78, 5) is 2.80. The summed E-state index contributed by atoms with van der Waals surface area (Å²) in [6.45, 7) is 0.274. The van der Waals surface area contributed by atoms with E-state index in [4.69, 9.17) is 10.3 Å². The van der Waals surface area contributed by atoms with Gasteiger partial charge in [0.15, 0.2) is 0 Å². The van der Waals surface area contributed by atoms with Gasteiger partial charge in [-0.25, -0.2) is 4.39 Å². The SMILES string of the molecule is [N-]=[N+]=NCC1CC2=C(O1)c1cc(F)ccc1Cc1ccccc12. The molecule has 4 nitrogen and oxygen atoms in total. The number of hydrogen-bond donors (Lipinski definition) is 0. The van der Waals surface area contributed by atoms with Crippen molar-refractivity contribution in [2.75, 3.05) is 6.54 Å². The highest BCUT2D eigenvalue weighted by molar-refractivity contribution is 5.92. The molecule has 1 heterocycles. The van der Waals surface area contributed by atoms with E-state index in [0.717, 1.165) is 34.4 Å². The van der Waals surface area contributed by atoms with E-state index in [2.05, 4.69) is 22.2 Å². The summed E-state index contributed by atoms with van der Waals surface area (Å²) in [5, 5.41) is 3.62. The molecular weight excluding hydrogens is 293 g/mol. The molecule has 0 N–H and O–H groups in total. The van der Waals surface area contributed by atoms with Crippen LogP contribution in [0.3, 0.4) is 0 Å². The molecule has 1 aliphatic carbocycles. The minimum atomic E-state index is -0.274. The number of nitrogens with zero attached hydrogens (tertiary/aromatic N) is 3. The van der Waals surface area contributed by atoms with Crippen molar-refractivity contribution in [1.29, 1.82) is 0 Å². The Labute approximate surface area is 132 Å². The number of halogens is 1. The molecule has 2 aromatic rings. The summed E-state index contributed by atoms with van der Waals surface area (Å²) < 4.78 is 19.8. The Morgan fingerprint density at radius 3 is 2.87 bits per heavy atom. The van der Waals surface area contributed by atoms with Crippen LogP contribution in [0.25, 0.3) is 21.8 Å². The maximum atomic E-state index is 13.8. The topological polar surface area (TPSA) is 58.0 Å². The van der Waals surface area contributed by atoms with E-state index < -0.39 is 0 Å². The van der Waals surface area contributed by atoms with E-state index in [1.54, 1.807) is 0 Å². The summed E-state index contributed by atoms with van der Waals surface area (Å²) in [6, 6.07) is 13.0. The smallest absolute Gasteiger partial charge is 0.131 e. The van der Waals surface area contributed by atoms with Crippen molar-refractivity contribution in [2.45, 2.75) is 18.9 Å². The molecule has 0 saturated carbocycles. The second-order valence-electron chi connectivity index (χ2n) is 5.80. The first kappa shape index (κ1) is 13.9. The number of hydrogen-bond acceptors (Lipinski definition) is 2. The molecule has 0 amide bonds. The average Bonchev–Trinajstić information content (AvgIpc) is 2.94. The van der Waals surface area contributed by atoms with Gasteiger partial charge in [0.1, 0.15) is 17.7 Å². The van der Waals surface area contributed by atoms with Crippen molar-refractivity contribution in [3.05, 3.63) is 81.0 Å². The molecule has 2 aliphatic rings. The predicted molar refractivity (Wildman–Crippen MR) is 86.0 cm³/mol. The zero-order chi connectivity index (χ0) is 15.8. The van der Waals surface area contributed by atoms with Crippen molar-refractivity contribution in [3.8, 4) is 0 Å². The van der Waals surface area contributed by atoms with Gasteiger partial charge in [0, 0.05) is 22.5 Å². The molecule has 0 radical (unpaired) electrons. The molecule has 1 aliphatic heterocycles. The largest absolute Gasteiger partial charge is 0.489 e. The highest BCUT2D eigenvalue weighted by Gasteiger charge is 2.31. The van der Waals surface area contributed by atoms with Crippen LogP contribution in [-0.4, -0.2) is 12.6 Å². The normalized spacial score (nSPS) is 18.2. The van der Waals surface area contributed by atoms with Gasteiger partial charge in [-0.3, -0.25) is 0 Å². The van der Waals surface area contributed by atoms with Crippen LogP contribution in [0.1, 0.15) is 28.7 Å². The standard InChI is InChI=1S/C18H14FN3O/c19-13-6-5-12-7-11-3-1-2-4-15(11)17-9-14(10-21-22-20)23-18(17)16(12)8-13/h1-6,8,14H,7,9-10H2. The third kappa shape index (κ3) is 2.35. The zero-order valence-electron chi connectivity index (χ0n) is 12.4. The van der Waals surface area contributed by atoms with E-state index >= 15 is 0 Å². The molecule has 5 heteroatoms. The first-order valence-electron chi connectivity index (χ1n) is 7.54. The van der Waals surface area contributed by atoms with Crippen LogP contribution >= 0.6 is 0 Å². The third-order valence-corrected chi connectivity index (χ3v) is 4.38. The third-order valence-electron chi connectivity index (χ3n) is 4.38. The molecule has 0 aromatic heterocycles. The van der Waals surface area contributed by atoms with Gasteiger partial charge in [-0.15, -0.1) is 0 Å². The van der Waals surface area contributed by atoms with Gasteiger partial charge in [-0.2, -0.15) is 0 Å². The van der Waals surface area contributed by atoms with Crippen molar-refractivity contribution in [3.63, 3.8) is 0 Å². The van der Waals surface area contributed by atoms with Gasteiger partial charge in [0.2, 0.25) is 0 Å². The monoisotopic (exact) mass is 307 g/mol. The minimum Gasteiger partial charge on any atom is -0.489 e. The van der Waals surface area contributed by atoms with E-state index in [1.165, 1.54) is 17.7 Å². The quantitative estimate of drug-likeness (QED) is 0.451. The Morgan fingerprint density at radius 1 is 1.17 bits per heavy atom. The first-order chi connectivity index (χ1) is 11.3. The highest BCUT2D eigenvalue weighted by Crippen LogP contribution is 2.44. The van der Waals surface area contributed by atoms with Crippen LogP contribution in [0.2, 0.25) is 0 Å². The van der Waals surface area contributed by atoms with Crippen LogP contribution < -0.4 is 0 Å². The van der Waals surface area contributed by atoms with E-state index in [1.807, 2.05) is 18.2 Å². The van der Waals surface area contributed by atoms with Crippen LogP contribution in [0, 0.1) is 5.82 Å². The fourth-order valence-corrected chi connectivity index (χ4v) is 3.38. The number of ether oxygens (including phenoxy) is 1. The number of benzene rings is 2. The van der Waals surface area contributed by atoms with Gasteiger partial charge in [0.25, 0.3) is 0 Å². The van der Waals surface area contributed by atoms with Gasteiger partial charge >= 0.3 is 0 Å². The van der Waals surface area contributed by atoms with Crippen molar-refractivity contribution in [1.82, 2.24) is 0 Å². The molecular formula is C18H14FN3O. The molecule has 0 spiro atoms. The zero-order valence-corrected chi connectivity index (χ0v) is 12.4. The Balaban J connectivity index is 1.87. The van der Waals surface area contributed by atoms with E-state index in [-0.39, 0.29) is 18.5 Å². The second kappa shape index (κ2) is 5.45. The predicted octanol–water partition coefficient (Wildman–Crippen LogP) is 4.70. The lowest BCUT2D eigenvalue weighted by Crippen LogP contribution is -2.11. The Morgan fingerprint density at radius 2 is 2.00 bits per heavy atom. The molecule has 1 unspecified atom stereocenters. The lowest BCUT2D eigenvalue weighted by Gasteiger charge is -2.14. The second-order valence-corrected chi connectivity index (χ2v) is 5.80. The molecule has 114 valence electrons. The number of fused-ring (bicyclic) bond motifs is 4. The number of azide groups is 1. The molecule has 4 rings (SSSR count). The van der Waals surface area contributed by atoms with Gasteiger partial charge < -0.3 is 4.74 Å². The molecule has 2 aromatic carbocycles. The maximum absolute atomic E-state index is 13.8. The molecule has 23 heavy (non-hydrogen) atoms. The van der Waals surface area contributed by atoms with Crippen molar-refractivity contribution in [2.24, 2.45) is 5.11 Å². The lowest BCUT2D eigenvalue weighted by molar-refractivity contribution is 0.199. The Kier molecular flexibility index (Phi) is 3.28. The number of rotatable bonds is 2. The first-order valence-corrected chi connectivity index (χ1v) is 7.54. The average molecular weight is 307 g/mol. The van der Waals surface area contributed by atoms with E-state index in [9.17, 15) is 4.39 Å². The summed E-state index contributed by atoms with van der Waals surface area (Å²) in [6.07, 6.45) is 1.22. The van der Waals surface area contributed by atoms with Crippen molar-refractivity contribution >= 4 is 11.3 Å². The molecule has 1 atom stereocenters. The summed E-state index contributed by atoms with van der Waals surface area (Å²) >= 11 is 0. The lowest BCUT2D eigenvalue weighted by atomic mass is 9.95. The van der Waals surface area contributed by atoms with Gasteiger partial charge in [-0.1, -0.05) is 35.4 Å². The maximum Gasteiger partial charge on any atom is 0.131 e. The van der Waals surface area contributed by atoms with Crippen molar-refractivity contribution < 1.29 is 9.13 Å². The summed E-state index contributed by atoms with van der Waals surface area (Å²) in [7, 11) is 0. The van der Waals surface area contributed by atoms with Crippen LogP contribution in [0.5, 0.6) is 0 Å². The Bertz CT molecular complexity index is 868. The summed E-state index contributed by atoms with van der Waals surface area (Å²) in [5.41, 5.74) is 13.8. The van der Waals surface area contributed by atoms with Gasteiger partial charge in [0.05, 0.1) is 6.54 Å². The molecule has 0 fully saturated rings. The van der Waals surface area contributed by atoms with Gasteiger partial charge in [-0.05, 0) is 40.8 Å².